The molecule has 1 aliphatic heterocycles. The van der Waals surface area contributed by atoms with Gasteiger partial charge in [0.15, 0.2) is 0 Å². The summed E-state index contributed by atoms with van der Waals surface area (Å²) in [5.74, 6) is 0.822. The lowest BCUT2D eigenvalue weighted by Gasteiger charge is -2.25. The van der Waals surface area contributed by atoms with Gasteiger partial charge >= 0.3 is 0 Å². The van der Waals surface area contributed by atoms with Crippen molar-refractivity contribution in [3.05, 3.63) is 23.4 Å². The van der Waals surface area contributed by atoms with Crippen LogP contribution < -0.4 is 10.6 Å². The predicted molar refractivity (Wildman–Crippen MR) is 58.7 cm³/mol. The Hall–Kier alpha value is -1.42. The quantitative estimate of drug-likeness (QED) is 0.752. The Bertz CT molecular complexity index is 365. The minimum Gasteiger partial charge on any atom is -0.315 e. The fourth-order valence-electron chi connectivity index (χ4n) is 1.61. The summed E-state index contributed by atoms with van der Waals surface area (Å²) in [7, 11) is 0. The van der Waals surface area contributed by atoms with E-state index in [1.807, 2.05) is 26.0 Å². The standard InChI is InChI=1S/C11H15N3O/c1-7-3-8(2)13-10(4-7)14-11(15)9-5-12-6-9/h3-4,9,12H,5-6H2,1-2H3,(H,13,14,15). The Labute approximate surface area is 89.1 Å². The maximum Gasteiger partial charge on any atom is 0.231 e. The molecule has 2 N–H and O–H groups in total. The monoisotopic (exact) mass is 205 g/mol. The van der Waals surface area contributed by atoms with Crippen molar-refractivity contribution >= 4 is 11.7 Å². The molecule has 1 aromatic heterocycles. The van der Waals surface area contributed by atoms with Crippen LogP contribution in [0.3, 0.4) is 0 Å². The van der Waals surface area contributed by atoms with Gasteiger partial charge in [0.2, 0.25) is 5.91 Å². The molecule has 0 unspecified atom stereocenters. The van der Waals surface area contributed by atoms with Gasteiger partial charge in [-0.1, -0.05) is 0 Å². The summed E-state index contributed by atoms with van der Waals surface area (Å²) >= 11 is 0. The minimum atomic E-state index is 0.0613. The average molecular weight is 205 g/mol. The van der Waals surface area contributed by atoms with Crippen molar-refractivity contribution in [2.75, 3.05) is 18.4 Å². The summed E-state index contributed by atoms with van der Waals surface area (Å²) in [5, 5.41) is 5.90. The number of nitrogens with one attached hydrogen (secondary N) is 2. The first-order valence-corrected chi connectivity index (χ1v) is 5.12. The molecular formula is C11H15N3O. The number of amides is 1. The van der Waals surface area contributed by atoms with Crippen LogP contribution in [0.2, 0.25) is 0 Å². The second-order valence-electron chi connectivity index (χ2n) is 4.02. The second-order valence-corrected chi connectivity index (χ2v) is 4.02. The van der Waals surface area contributed by atoms with Gasteiger partial charge in [-0.2, -0.15) is 0 Å². The molecule has 1 amide bonds. The molecule has 0 aliphatic carbocycles. The summed E-state index contributed by atoms with van der Waals surface area (Å²) < 4.78 is 0. The Morgan fingerprint density at radius 3 is 2.73 bits per heavy atom. The number of carbonyl (C=O) groups is 1. The Morgan fingerprint density at radius 1 is 1.47 bits per heavy atom. The van der Waals surface area contributed by atoms with Crippen molar-refractivity contribution in [3.8, 4) is 0 Å². The molecule has 0 saturated carbocycles. The van der Waals surface area contributed by atoms with E-state index in [0.29, 0.717) is 5.82 Å². The largest absolute Gasteiger partial charge is 0.315 e. The predicted octanol–water partition coefficient (Wildman–Crippen LogP) is 0.856. The Balaban J connectivity index is 2.06. The third-order valence-electron chi connectivity index (χ3n) is 2.50. The zero-order valence-electron chi connectivity index (χ0n) is 9.00. The Kier molecular flexibility index (Phi) is 2.68. The molecule has 1 aliphatic rings. The molecule has 2 rings (SSSR count). The second kappa shape index (κ2) is 3.98. The molecular weight excluding hydrogens is 190 g/mol. The van der Waals surface area contributed by atoms with Crippen LogP contribution >= 0.6 is 0 Å². The van der Waals surface area contributed by atoms with Crippen LogP contribution in [-0.4, -0.2) is 24.0 Å². The van der Waals surface area contributed by atoms with Crippen LogP contribution in [0.25, 0.3) is 0 Å². The van der Waals surface area contributed by atoms with Crippen molar-refractivity contribution in [3.63, 3.8) is 0 Å². The van der Waals surface area contributed by atoms with E-state index < -0.39 is 0 Å². The van der Waals surface area contributed by atoms with Gasteiger partial charge in [0.1, 0.15) is 5.82 Å². The first kappa shape index (κ1) is 10.1. The number of rotatable bonds is 2. The zero-order chi connectivity index (χ0) is 10.8. The molecule has 1 fully saturated rings. The molecule has 0 aromatic carbocycles. The Morgan fingerprint density at radius 2 is 2.20 bits per heavy atom. The fourth-order valence-corrected chi connectivity index (χ4v) is 1.61. The lowest BCUT2D eigenvalue weighted by Crippen LogP contribution is -2.48. The summed E-state index contributed by atoms with van der Waals surface area (Å²) in [6, 6.07) is 3.87. The maximum atomic E-state index is 11.6. The van der Waals surface area contributed by atoms with Crippen molar-refractivity contribution in [2.45, 2.75) is 13.8 Å². The first-order chi connectivity index (χ1) is 7.15. The number of nitrogens with zero attached hydrogens (tertiary/aromatic N) is 1. The topological polar surface area (TPSA) is 54.0 Å². The molecule has 1 aromatic rings. The number of hydrogen-bond acceptors (Lipinski definition) is 3. The molecule has 0 atom stereocenters. The van der Waals surface area contributed by atoms with Gasteiger partial charge in [-0.3, -0.25) is 4.79 Å². The van der Waals surface area contributed by atoms with Gasteiger partial charge in [0.05, 0.1) is 5.92 Å². The summed E-state index contributed by atoms with van der Waals surface area (Å²) in [4.78, 5) is 15.9. The highest BCUT2D eigenvalue weighted by Crippen LogP contribution is 2.11. The third-order valence-corrected chi connectivity index (χ3v) is 2.50. The van der Waals surface area contributed by atoms with Gasteiger partial charge in [-0.15, -0.1) is 0 Å². The number of aromatic nitrogens is 1. The summed E-state index contributed by atoms with van der Waals surface area (Å²) in [5.41, 5.74) is 2.04. The van der Waals surface area contributed by atoms with Crippen LogP contribution in [0.4, 0.5) is 5.82 Å². The van der Waals surface area contributed by atoms with Gasteiger partial charge in [0.25, 0.3) is 0 Å². The van der Waals surface area contributed by atoms with Crippen molar-refractivity contribution in [2.24, 2.45) is 5.92 Å². The van der Waals surface area contributed by atoms with Crippen molar-refractivity contribution in [1.29, 1.82) is 0 Å². The van der Waals surface area contributed by atoms with E-state index in [2.05, 4.69) is 15.6 Å². The van der Waals surface area contributed by atoms with E-state index in [1.165, 1.54) is 0 Å². The zero-order valence-corrected chi connectivity index (χ0v) is 9.00. The number of carbonyl (C=O) groups excluding carboxylic acids is 1. The summed E-state index contributed by atoms with van der Waals surface area (Å²) in [6.07, 6.45) is 0. The first-order valence-electron chi connectivity index (χ1n) is 5.12. The molecule has 2 heterocycles. The van der Waals surface area contributed by atoms with E-state index in [0.717, 1.165) is 24.3 Å². The number of anilines is 1. The molecule has 0 bridgehead atoms. The lowest BCUT2D eigenvalue weighted by atomic mass is 10.0. The van der Waals surface area contributed by atoms with E-state index in [-0.39, 0.29) is 11.8 Å². The molecule has 4 heteroatoms. The molecule has 15 heavy (non-hydrogen) atoms. The van der Waals surface area contributed by atoms with Crippen molar-refractivity contribution < 1.29 is 4.79 Å². The third kappa shape index (κ3) is 2.33. The smallest absolute Gasteiger partial charge is 0.231 e. The van der Waals surface area contributed by atoms with Crippen LogP contribution in [0.1, 0.15) is 11.3 Å². The highest BCUT2D eigenvalue weighted by atomic mass is 16.2. The number of pyridine rings is 1. The molecule has 0 radical (unpaired) electrons. The van der Waals surface area contributed by atoms with E-state index in [4.69, 9.17) is 0 Å². The van der Waals surface area contributed by atoms with Crippen molar-refractivity contribution in [1.82, 2.24) is 10.3 Å². The highest BCUT2D eigenvalue weighted by molar-refractivity contribution is 5.92. The fraction of sp³-hybridized carbons (Fsp3) is 0.455. The normalized spacial score (nSPS) is 15.9. The van der Waals surface area contributed by atoms with Crippen LogP contribution in [-0.2, 0) is 4.79 Å². The van der Waals surface area contributed by atoms with E-state index >= 15 is 0 Å². The maximum absolute atomic E-state index is 11.6. The molecule has 0 spiro atoms. The van der Waals surface area contributed by atoms with Crippen LogP contribution in [0, 0.1) is 19.8 Å². The van der Waals surface area contributed by atoms with Gasteiger partial charge in [0, 0.05) is 18.8 Å². The molecule has 4 nitrogen and oxygen atoms in total. The molecule has 1 saturated heterocycles. The van der Waals surface area contributed by atoms with Crippen LogP contribution in [0.5, 0.6) is 0 Å². The van der Waals surface area contributed by atoms with E-state index in [9.17, 15) is 4.79 Å². The summed E-state index contributed by atoms with van der Waals surface area (Å²) in [6.45, 7) is 5.47. The number of hydrogen-bond donors (Lipinski definition) is 2. The minimum absolute atomic E-state index is 0.0613. The number of aryl methyl sites for hydroxylation is 2. The van der Waals surface area contributed by atoms with Gasteiger partial charge in [-0.25, -0.2) is 4.98 Å². The molecule has 80 valence electrons. The lowest BCUT2D eigenvalue weighted by molar-refractivity contribution is -0.121. The SMILES string of the molecule is Cc1cc(C)nc(NC(=O)C2CNC2)c1. The van der Waals surface area contributed by atoms with E-state index in [1.54, 1.807) is 0 Å². The van der Waals surface area contributed by atoms with Gasteiger partial charge in [-0.05, 0) is 31.5 Å². The van der Waals surface area contributed by atoms with Crippen LogP contribution in [0.15, 0.2) is 12.1 Å². The van der Waals surface area contributed by atoms with Gasteiger partial charge < -0.3 is 10.6 Å². The average Bonchev–Trinajstić information content (AvgIpc) is 1.96. The highest BCUT2D eigenvalue weighted by Gasteiger charge is 2.24.